The van der Waals surface area contributed by atoms with Crippen LogP contribution in [0.15, 0.2) is 54.6 Å². The molecule has 0 bridgehead atoms. The van der Waals surface area contributed by atoms with Crippen molar-refractivity contribution in [3.05, 3.63) is 65.9 Å². The zero-order chi connectivity index (χ0) is 24.5. The number of fused-ring (bicyclic) bond motifs is 1. The fourth-order valence-electron chi connectivity index (χ4n) is 4.11. The van der Waals surface area contributed by atoms with E-state index in [4.69, 9.17) is 4.74 Å². The molecule has 1 aliphatic heterocycles. The lowest BCUT2D eigenvalue weighted by atomic mass is 9.99. The van der Waals surface area contributed by atoms with Crippen LogP contribution >= 0.6 is 0 Å². The summed E-state index contributed by atoms with van der Waals surface area (Å²) in [4.78, 5) is 24.5. The topological polar surface area (TPSA) is 89.8 Å². The minimum absolute atomic E-state index is 0.122. The van der Waals surface area contributed by atoms with E-state index in [0.717, 1.165) is 0 Å². The van der Waals surface area contributed by atoms with Crippen LogP contribution in [-0.2, 0) is 4.74 Å². The van der Waals surface area contributed by atoms with E-state index in [-0.39, 0.29) is 25.1 Å². The van der Waals surface area contributed by atoms with Crippen molar-refractivity contribution in [2.75, 3.05) is 20.3 Å². The highest BCUT2D eigenvalue weighted by atomic mass is 19.4. The molecule has 2 heterocycles. The Kier molecular flexibility index (Phi) is 6.34. The van der Waals surface area contributed by atoms with E-state index in [1.165, 1.54) is 25.3 Å². The predicted octanol–water partition coefficient (Wildman–Crippen LogP) is 4.17. The number of aromatic nitrogens is 1. The third-order valence-corrected chi connectivity index (χ3v) is 5.55. The van der Waals surface area contributed by atoms with Crippen LogP contribution in [0.2, 0.25) is 0 Å². The number of nitrogens with zero attached hydrogens (tertiary/aromatic N) is 1. The number of rotatable bonds is 6. The molecule has 3 aromatic rings. The number of amides is 1. The van der Waals surface area contributed by atoms with Crippen LogP contribution in [0.25, 0.3) is 22.4 Å². The summed E-state index contributed by atoms with van der Waals surface area (Å²) in [6.07, 6.45) is -4.50. The Hall–Kier alpha value is -3.79. The summed E-state index contributed by atoms with van der Waals surface area (Å²) >= 11 is 0. The summed E-state index contributed by atoms with van der Waals surface area (Å²) in [5.41, 5.74) is 2.76. The summed E-state index contributed by atoms with van der Waals surface area (Å²) < 4.78 is 49.0. The molecule has 1 aromatic heterocycles. The van der Waals surface area contributed by atoms with Crippen molar-refractivity contribution >= 4 is 11.9 Å². The van der Waals surface area contributed by atoms with Gasteiger partial charge in [-0.2, -0.15) is 0 Å². The van der Waals surface area contributed by atoms with Gasteiger partial charge in [-0.15, -0.1) is 13.2 Å². The molecule has 2 aromatic carbocycles. The number of alkyl halides is 3. The molecule has 0 spiro atoms. The first-order valence-corrected chi connectivity index (χ1v) is 10.4. The Morgan fingerprint density at radius 1 is 1.15 bits per heavy atom. The van der Waals surface area contributed by atoms with Gasteiger partial charge in [0.1, 0.15) is 11.4 Å². The normalized spacial score (nSPS) is 15.4. The maximum Gasteiger partial charge on any atom is 0.573 e. The molecule has 1 unspecified atom stereocenters. The lowest BCUT2D eigenvalue weighted by Gasteiger charge is -2.28. The standard InChI is InChI=1S/C24H21F3N2O5/c1-33-23(32)15-7-5-14(6-8-15)21-19(16-3-2-4-18(11-16)34-24(25,26)27)12-20-22(31)28-13-17(9-10-30)29(20)21/h2-8,11-12,17,30H,9-10,13H2,1H3,(H,28,31). The van der Waals surface area contributed by atoms with E-state index >= 15 is 0 Å². The molecule has 0 radical (unpaired) electrons. The summed E-state index contributed by atoms with van der Waals surface area (Å²) in [6, 6.07) is 13.3. The Bertz CT molecular complexity index is 1220. The van der Waals surface area contributed by atoms with Gasteiger partial charge in [0.2, 0.25) is 0 Å². The molecule has 0 saturated heterocycles. The smallest absolute Gasteiger partial charge is 0.465 e. The molecule has 4 rings (SSSR count). The van der Waals surface area contributed by atoms with Gasteiger partial charge in [0, 0.05) is 18.7 Å². The molecular formula is C24H21F3N2O5. The molecule has 1 aliphatic rings. The fourth-order valence-corrected chi connectivity index (χ4v) is 4.11. The highest BCUT2D eigenvalue weighted by molar-refractivity contribution is 5.99. The average molecular weight is 474 g/mol. The van der Waals surface area contributed by atoms with Crippen LogP contribution in [0.3, 0.4) is 0 Å². The van der Waals surface area contributed by atoms with Crippen molar-refractivity contribution in [1.29, 1.82) is 0 Å². The highest BCUT2D eigenvalue weighted by Crippen LogP contribution is 2.40. The minimum atomic E-state index is -4.85. The van der Waals surface area contributed by atoms with Crippen LogP contribution < -0.4 is 10.1 Å². The van der Waals surface area contributed by atoms with Crippen molar-refractivity contribution in [3.8, 4) is 28.1 Å². The van der Waals surface area contributed by atoms with Gasteiger partial charge in [0.15, 0.2) is 0 Å². The lowest BCUT2D eigenvalue weighted by molar-refractivity contribution is -0.274. The van der Waals surface area contributed by atoms with Gasteiger partial charge in [-0.1, -0.05) is 24.3 Å². The second kappa shape index (κ2) is 9.22. The zero-order valence-corrected chi connectivity index (χ0v) is 18.1. The van der Waals surface area contributed by atoms with Gasteiger partial charge in [-0.05, 0) is 47.9 Å². The Balaban J connectivity index is 1.91. The second-order valence-electron chi connectivity index (χ2n) is 7.68. The van der Waals surface area contributed by atoms with Gasteiger partial charge in [-0.3, -0.25) is 4.79 Å². The lowest BCUT2D eigenvalue weighted by Crippen LogP contribution is -2.39. The van der Waals surface area contributed by atoms with Crippen molar-refractivity contribution in [1.82, 2.24) is 9.88 Å². The molecule has 178 valence electrons. The number of carbonyl (C=O) groups is 2. The maximum absolute atomic E-state index is 12.8. The molecule has 34 heavy (non-hydrogen) atoms. The molecular weight excluding hydrogens is 453 g/mol. The highest BCUT2D eigenvalue weighted by Gasteiger charge is 2.33. The zero-order valence-electron chi connectivity index (χ0n) is 18.1. The number of halogens is 3. The van der Waals surface area contributed by atoms with E-state index < -0.39 is 18.1 Å². The Morgan fingerprint density at radius 2 is 1.88 bits per heavy atom. The summed E-state index contributed by atoms with van der Waals surface area (Å²) in [6.45, 7) is 0.161. The summed E-state index contributed by atoms with van der Waals surface area (Å²) in [7, 11) is 1.27. The van der Waals surface area contributed by atoms with E-state index in [2.05, 4.69) is 10.1 Å². The van der Waals surface area contributed by atoms with Crippen molar-refractivity contribution < 1.29 is 37.3 Å². The van der Waals surface area contributed by atoms with Crippen molar-refractivity contribution in [3.63, 3.8) is 0 Å². The van der Waals surface area contributed by atoms with Crippen LogP contribution in [0.1, 0.15) is 33.3 Å². The van der Waals surface area contributed by atoms with Crippen molar-refractivity contribution in [2.45, 2.75) is 18.8 Å². The van der Waals surface area contributed by atoms with Crippen LogP contribution in [-0.4, -0.2) is 48.2 Å². The number of ether oxygens (including phenoxy) is 2. The third kappa shape index (κ3) is 4.62. The minimum Gasteiger partial charge on any atom is -0.465 e. The maximum atomic E-state index is 12.8. The van der Waals surface area contributed by atoms with Gasteiger partial charge < -0.3 is 24.5 Å². The molecule has 7 nitrogen and oxygen atoms in total. The fraction of sp³-hybridized carbons (Fsp3) is 0.250. The quantitative estimate of drug-likeness (QED) is 0.524. The molecule has 1 amide bonds. The van der Waals surface area contributed by atoms with E-state index in [9.17, 15) is 27.9 Å². The van der Waals surface area contributed by atoms with Crippen molar-refractivity contribution in [2.24, 2.45) is 0 Å². The number of esters is 1. The first-order valence-electron chi connectivity index (χ1n) is 10.4. The van der Waals surface area contributed by atoms with E-state index in [0.29, 0.717) is 40.1 Å². The molecule has 1 atom stereocenters. The second-order valence-corrected chi connectivity index (χ2v) is 7.68. The van der Waals surface area contributed by atoms with Crippen LogP contribution in [0.4, 0.5) is 13.2 Å². The Morgan fingerprint density at radius 3 is 2.53 bits per heavy atom. The monoisotopic (exact) mass is 474 g/mol. The van der Waals surface area contributed by atoms with E-state index in [1.807, 2.05) is 0 Å². The molecule has 0 saturated carbocycles. The number of carbonyl (C=O) groups excluding carboxylic acids is 2. The number of aliphatic hydroxyl groups is 1. The number of benzene rings is 2. The number of nitrogens with one attached hydrogen (secondary N) is 1. The van der Waals surface area contributed by atoms with Gasteiger partial charge in [-0.25, -0.2) is 4.79 Å². The van der Waals surface area contributed by atoms with E-state index in [1.54, 1.807) is 41.0 Å². The van der Waals surface area contributed by atoms with Gasteiger partial charge in [0.25, 0.3) is 5.91 Å². The summed E-state index contributed by atoms with van der Waals surface area (Å²) in [5.74, 6) is -1.24. The molecule has 2 N–H and O–H groups in total. The number of hydrogen-bond donors (Lipinski definition) is 2. The largest absolute Gasteiger partial charge is 0.573 e. The SMILES string of the molecule is COC(=O)c1ccc(-c2c(-c3cccc(OC(F)(F)F)c3)cc3n2C(CCO)CNC3=O)cc1. The average Bonchev–Trinajstić information content (AvgIpc) is 3.21. The third-order valence-electron chi connectivity index (χ3n) is 5.55. The molecule has 0 fully saturated rings. The number of methoxy groups -OCH3 is 1. The first kappa shape index (κ1) is 23.4. The number of hydrogen-bond acceptors (Lipinski definition) is 5. The molecule has 0 aliphatic carbocycles. The molecule has 10 heteroatoms. The van der Waals surface area contributed by atoms with Gasteiger partial charge >= 0.3 is 12.3 Å². The van der Waals surface area contributed by atoms with Crippen LogP contribution in [0, 0.1) is 0 Å². The first-order chi connectivity index (χ1) is 16.2. The number of aliphatic hydroxyl groups excluding tert-OH is 1. The Labute approximate surface area is 192 Å². The van der Waals surface area contributed by atoms with Gasteiger partial charge in [0.05, 0.1) is 24.4 Å². The summed E-state index contributed by atoms with van der Waals surface area (Å²) in [5, 5.41) is 12.3. The predicted molar refractivity (Wildman–Crippen MR) is 116 cm³/mol. The van der Waals surface area contributed by atoms with Crippen LogP contribution in [0.5, 0.6) is 5.75 Å².